The van der Waals surface area contributed by atoms with Gasteiger partial charge in [-0.1, -0.05) is 19.4 Å². The molecule has 7 nitrogen and oxygen atoms in total. The molecule has 0 saturated heterocycles. The number of benzene rings is 2. The second-order valence-electron chi connectivity index (χ2n) is 5.56. The first-order chi connectivity index (χ1) is 12.3. The van der Waals surface area contributed by atoms with Crippen LogP contribution in [0.2, 0.25) is 0 Å². The molecule has 0 amide bonds. The average molecular weight is 399 g/mol. The summed E-state index contributed by atoms with van der Waals surface area (Å²) in [5.74, 6) is 0.537. The van der Waals surface area contributed by atoms with Crippen molar-refractivity contribution >= 4 is 25.7 Å². The smallest absolute Gasteiger partial charge is 0.261 e. The highest BCUT2D eigenvalue weighted by Gasteiger charge is 2.17. The highest BCUT2D eigenvalue weighted by Crippen LogP contribution is 2.21. The number of anilines is 1. The van der Waals surface area contributed by atoms with E-state index in [0.29, 0.717) is 12.3 Å². The van der Waals surface area contributed by atoms with Crippen LogP contribution in [0.3, 0.4) is 0 Å². The zero-order chi connectivity index (χ0) is 19.2. The van der Waals surface area contributed by atoms with Crippen molar-refractivity contribution in [3.8, 4) is 5.75 Å². The Labute approximate surface area is 154 Å². The van der Waals surface area contributed by atoms with Crippen LogP contribution in [0.5, 0.6) is 5.75 Å². The molecule has 0 unspecified atom stereocenters. The van der Waals surface area contributed by atoms with Gasteiger partial charge in [0.15, 0.2) is 0 Å². The van der Waals surface area contributed by atoms with Gasteiger partial charge in [-0.2, -0.15) is 0 Å². The maximum Gasteiger partial charge on any atom is 0.261 e. The fraction of sp³-hybridized carbons (Fsp3) is 0.294. The number of rotatable bonds is 9. The second kappa shape index (κ2) is 8.52. The molecule has 0 atom stereocenters. The first-order valence-electron chi connectivity index (χ1n) is 8.05. The highest BCUT2D eigenvalue weighted by molar-refractivity contribution is 7.92. The number of ether oxygens (including phenoxy) is 1. The lowest BCUT2D eigenvalue weighted by atomic mass is 10.3. The Morgan fingerprint density at radius 2 is 1.62 bits per heavy atom. The van der Waals surface area contributed by atoms with Crippen molar-refractivity contribution in [3.63, 3.8) is 0 Å². The molecule has 0 heterocycles. The summed E-state index contributed by atoms with van der Waals surface area (Å²) in [5.41, 5.74) is 0.166. The van der Waals surface area contributed by atoms with Gasteiger partial charge in [0.05, 0.1) is 22.6 Å². The standard InChI is InChI=1S/C17H22N2O5S2/c1-3-4-12-18-25(20,21)17-7-5-6-14(13-17)19-26(22,23)16-10-8-15(24-2)9-11-16/h5-11,13,18-19H,3-4,12H2,1-2H3. The summed E-state index contributed by atoms with van der Waals surface area (Å²) < 4.78 is 59.3. The van der Waals surface area contributed by atoms with Gasteiger partial charge < -0.3 is 4.74 Å². The highest BCUT2D eigenvalue weighted by atomic mass is 32.2. The largest absolute Gasteiger partial charge is 0.497 e. The van der Waals surface area contributed by atoms with Crippen molar-refractivity contribution in [2.45, 2.75) is 29.6 Å². The molecule has 0 aliphatic rings. The maximum absolute atomic E-state index is 12.5. The lowest BCUT2D eigenvalue weighted by molar-refractivity contribution is 0.414. The molecule has 0 bridgehead atoms. The van der Waals surface area contributed by atoms with Crippen molar-refractivity contribution in [2.24, 2.45) is 0 Å². The first kappa shape index (κ1) is 20.2. The Morgan fingerprint density at radius 3 is 2.23 bits per heavy atom. The van der Waals surface area contributed by atoms with Crippen molar-refractivity contribution in [3.05, 3.63) is 48.5 Å². The molecule has 2 rings (SSSR count). The Hall–Kier alpha value is -2.10. The van der Waals surface area contributed by atoms with Crippen LogP contribution in [-0.4, -0.2) is 30.5 Å². The van der Waals surface area contributed by atoms with Crippen LogP contribution in [0.25, 0.3) is 0 Å². The molecular weight excluding hydrogens is 376 g/mol. The minimum atomic E-state index is -3.84. The lowest BCUT2D eigenvalue weighted by Crippen LogP contribution is -2.24. The lowest BCUT2D eigenvalue weighted by Gasteiger charge is -2.11. The predicted octanol–water partition coefficient (Wildman–Crippen LogP) is 2.57. The fourth-order valence-electron chi connectivity index (χ4n) is 2.16. The third-order valence-electron chi connectivity index (χ3n) is 3.59. The maximum atomic E-state index is 12.5. The number of methoxy groups -OCH3 is 1. The van der Waals surface area contributed by atoms with Crippen LogP contribution in [0.4, 0.5) is 5.69 Å². The molecule has 0 aromatic heterocycles. The number of hydrogen-bond acceptors (Lipinski definition) is 5. The predicted molar refractivity (Wildman–Crippen MR) is 100 cm³/mol. The molecule has 0 radical (unpaired) electrons. The first-order valence-corrected chi connectivity index (χ1v) is 11.0. The topological polar surface area (TPSA) is 102 Å². The quantitative estimate of drug-likeness (QED) is 0.632. The molecule has 0 aliphatic carbocycles. The number of hydrogen-bond donors (Lipinski definition) is 2. The monoisotopic (exact) mass is 398 g/mol. The van der Waals surface area contributed by atoms with E-state index >= 15 is 0 Å². The normalized spacial score (nSPS) is 11.9. The zero-order valence-electron chi connectivity index (χ0n) is 14.6. The number of unbranched alkanes of at least 4 members (excludes halogenated alkanes) is 1. The Bertz CT molecular complexity index is 939. The van der Waals surface area contributed by atoms with Gasteiger partial charge in [-0.3, -0.25) is 4.72 Å². The molecule has 0 spiro atoms. The molecule has 2 aromatic rings. The van der Waals surface area contributed by atoms with Gasteiger partial charge in [-0.05, 0) is 48.9 Å². The fourth-order valence-corrected chi connectivity index (χ4v) is 4.33. The van der Waals surface area contributed by atoms with E-state index in [1.807, 2.05) is 6.92 Å². The molecule has 9 heteroatoms. The molecule has 0 aliphatic heterocycles. The Balaban J connectivity index is 2.21. The SMILES string of the molecule is CCCCNS(=O)(=O)c1cccc(NS(=O)(=O)c2ccc(OC)cc2)c1. The van der Waals surface area contributed by atoms with Crippen molar-refractivity contribution in [2.75, 3.05) is 18.4 Å². The van der Waals surface area contributed by atoms with E-state index in [9.17, 15) is 16.8 Å². The van der Waals surface area contributed by atoms with Crippen LogP contribution >= 0.6 is 0 Å². The minimum Gasteiger partial charge on any atom is -0.497 e. The molecule has 2 N–H and O–H groups in total. The van der Waals surface area contributed by atoms with E-state index in [4.69, 9.17) is 4.74 Å². The van der Waals surface area contributed by atoms with Gasteiger partial charge in [0.1, 0.15) is 5.75 Å². The van der Waals surface area contributed by atoms with E-state index in [1.165, 1.54) is 55.6 Å². The molecule has 26 heavy (non-hydrogen) atoms. The van der Waals surface area contributed by atoms with E-state index in [2.05, 4.69) is 9.44 Å². The van der Waals surface area contributed by atoms with Gasteiger partial charge in [-0.25, -0.2) is 21.6 Å². The van der Waals surface area contributed by atoms with Gasteiger partial charge in [0, 0.05) is 6.54 Å². The van der Waals surface area contributed by atoms with E-state index < -0.39 is 20.0 Å². The zero-order valence-corrected chi connectivity index (χ0v) is 16.2. The van der Waals surface area contributed by atoms with Crippen LogP contribution in [0.15, 0.2) is 58.3 Å². The summed E-state index contributed by atoms with van der Waals surface area (Å²) in [6.07, 6.45) is 1.59. The van der Waals surface area contributed by atoms with Crippen LogP contribution < -0.4 is 14.2 Å². The number of sulfonamides is 2. The summed E-state index contributed by atoms with van der Waals surface area (Å²) in [5, 5.41) is 0. The summed E-state index contributed by atoms with van der Waals surface area (Å²) in [6.45, 7) is 2.30. The van der Waals surface area contributed by atoms with Crippen molar-refractivity contribution < 1.29 is 21.6 Å². The van der Waals surface area contributed by atoms with Gasteiger partial charge in [0.2, 0.25) is 10.0 Å². The second-order valence-corrected chi connectivity index (χ2v) is 9.01. The van der Waals surface area contributed by atoms with Crippen molar-refractivity contribution in [1.29, 1.82) is 0 Å². The summed E-state index contributed by atoms with van der Waals surface area (Å²) in [7, 11) is -6.04. The van der Waals surface area contributed by atoms with Crippen molar-refractivity contribution in [1.82, 2.24) is 4.72 Å². The van der Waals surface area contributed by atoms with Gasteiger partial charge >= 0.3 is 0 Å². The Kier molecular flexibility index (Phi) is 6.63. The molecule has 2 aromatic carbocycles. The van der Waals surface area contributed by atoms with E-state index in [0.717, 1.165) is 12.8 Å². The third-order valence-corrected chi connectivity index (χ3v) is 6.44. The summed E-state index contributed by atoms with van der Waals surface area (Å²) in [6, 6.07) is 11.6. The molecule has 0 saturated carbocycles. The summed E-state index contributed by atoms with van der Waals surface area (Å²) >= 11 is 0. The molecule has 142 valence electrons. The minimum absolute atomic E-state index is 0.00327. The van der Waals surface area contributed by atoms with Crippen LogP contribution in [0.1, 0.15) is 19.8 Å². The molecule has 0 fully saturated rings. The van der Waals surface area contributed by atoms with E-state index in [-0.39, 0.29) is 15.5 Å². The third kappa shape index (κ3) is 5.20. The van der Waals surface area contributed by atoms with Crippen LogP contribution in [-0.2, 0) is 20.0 Å². The Morgan fingerprint density at radius 1 is 0.923 bits per heavy atom. The number of nitrogens with one attached hydrogen (secondary N) is 2. The van der Waals surface area contributed by atoms with Gasteiger partial charge in [-0.15, -0.1) is 0 Å². The summed E-state index contributed by atoms with van der Waals surface area (Å²) in [4.78, 5) is 0.0520. The average Bonchev–Trinajstić information content (AvgIpc) is 2.62. The van der Waals surface area contributed by atoms with Crippen LogP contribution in [0, 0.1) is 0 Å². The van der Waals surface area contributed by atoms with E-state index in [1.54, 1.807) is 0 Å². The van der Waals surface area contributed by atoms with Gasteiger partial charge in [0.25, 0.3) is 10.0 Å². The molecular formula is C17H22N2O5S2.